The van der Waals surface area contributed by atoms with Crippen LogP contribution in [-0.2, 0) is 0 Å². The number of hydrogen-bond donors (Lipinski definition) is 1. The largest absolute Gasteiger partial charge is 0.497 e. The van der Waals surface area contributed by atoms with Crippen molar-refractivity contribution in [3.63, 3.8) is 0 Å². The molecule has 0 amide bonds. The molecular weight excluding hydrogens is 342 g/mol. The van der Waals surface area contributed by atoms with E-state index < -0.39 is 17.7 Å². The molecule has 1 aromatic heterocycles. The van der Waals surface area contributed by atoms with E-state index in [1.165, 1.54) is 30.6 Å². The van der Waals surface area contributed by atoms with Crippen molar-refractivity contribution < 1.29 is 13.5 Å². The lowest BCUT2D eigenvalue weighted by Gasteiger charge is -2.35. The Balaban J connectivity index is 0.00000192. The molecule has 1 aromatic carbocycles. The molecule has 1 atom stereocenters. The number of methoxy groups -OCH3 is 1. The molecule has 3 nitrogen and oxygen atoms in total. The van der Waals surface area contributed by atoms with Crippen molar-refractivity contribution in [3.8, 4) is 5.75 Å². The van der Waals surface area contributed by atoms with E-state index in [4.69, 9.17) is 4.74 Å². The van der Waals surface area contributed by atoms with Crippen LogP contribution >= 0.6 is 23.7 Å². The van der Waals surface area contributed by atoms with Gasteiger partial charge in [-0.25, -0.2) is 8.78 Å². The molecule has 3 rings (SSSR count). The predicted octanol–water partition coefficient (Wildman–Crippen LogP) is 3.45. The molecule has 0 unspecified atom stereocenters. The molecule has 1 aliphatic heterocycles. The van der Waals surface area contributed by atoms with Gasteiger partial charge < -0.3 is 10.1 Å². The second-order valence-electron chi connectivity index (χ2n) is 5.25. The molecule has 2 aromatic rings. The van der Waals surface area contributed by atoms with Crippen molar-refractivity contribution in [2.45, 2.75) is 6.04 Å². The number of thiophene rings is 1. The van der Waals surface area contributed by atoms with E-state index in [2.05, 4.69) is 10.2 Å². The minimum Gasteiger partial charge on any atom is -0.497 e. The smallest absolute Gasteiger partial charge is 0.134 e. The first-order valence-electron chi connectivity index (χ1n) is 7.20. The Hall–Kier alpha value is -1.21. The van der Waals surface area contributed by atoms with Gasteiger partial charge in [0.05, 0.1) is 13.2 Å². The molecule has 7 heteroatoms. The van der Waals surface area contributed by atoms with E-state index in [9.17, 15) is 8.78 Å². The second kappa shape index (κ2) is 8.06. The number of rotatable bonds is 4. The maximum absolute atomic E-state index is 14.5. The minimum atomic E-state index is -0.563. The van der Waals surface area contributed by atoms with Gasteiger partial charge >= 0.3 is 0 Å². The molecule has 0 radical (unpaired) electrons. The van der Waals surface area contributed by atoms with E-state index in [1.807, 2.05) is 16.8 Å². The summed E-state index contributed by atoms with van der Waals surface area (Å²) < 4.78 is 34.0. The zero-order valence-corrected chi connectivity index (χ0v) is 14.4. The van der Waals surface area contributed by atoms with Gasteiger partial charge in [-0.1, -0.05) is 0 Å². The maximum Gasteiger partial charge on any atom is 0.134 e. The number of nitrogens with one attached hydrogen (secondary N) is 1. The zero-order chi connectivity index (χ0) is 15.5. The van der Waals surface area contributed by atoms with Gasteiger partial charge in [0.2, 0.25) is 0 Å². The molecule has 0 spiro atoms. The van der Waals surface area contributed by atoms with Crippen LogP contribution in [0.5, 0.6) is 5.75 Å². The highest BCUT2D eigenvalue weighted by molar-refractivity contribution is 7.08. The molecule has 1 fully saturated rings. The Morgan fingerprint density at radius 2 is 1.87 bits per heavy atom. The van der Waals surface area contributed by atoms with Crippen molar-refractivity contribution in [2.75, 3.05) is 33.3 Å². The van der Waals surface area contributed by atoms with Crippen LogP contribution in [0.3, 0.4) is 0 Å². The third-order valence-corrected chi connectivity index (χ3v) is 4.64. The van der Waals surface area contributed by atoms with E-state index in [0.29, 0.717) is 0 Å². The predicted molar refractivity (Wildman–Crippen MR) is 90.8 cm³/mol. The fourth-order valence-electron chi connectivity index (χ4n) is 2.87. The van der Waals surface area contributed by atoms with Gasteiger partial charge in [0, 0.05) is 43.9 Å². The van der Waals surface area contributed by atoms with Crippen LogP contribution in [0.15, 0.2) is 29.0 Å². The van der Waals surface area contributed by atoms with Crippen molar-refractivity contribution in [2.24, 2.45) is 0 Å². The van der Waals surface area contributed by atoms with Gasteiger partial charge in [0.1, 0.15) is 17.4 Å². The molecule has 126 valence electrons. The number of halogens is 3. The Morgan fingerprint density at radius 1 is 1.22 bits per heavy atom. The van der Waals surface area contributed by atoms with Crippen LogP contribution in [0.1, 0.15) is 17.2 Å². The number of piperazine rings is 1. The average Bonchev–Trinajstić information content (AvgIpc) is 3.05. The summed E-state index contributed by atoms with van der Waals surface area (Å²) in [6.45, 7) is 3.15. The quantitative estimate of drug-likeness (QED) is 0.903. The van der Waals surface area contributed by atoms with E-state index in [-0.39, 0.29) is 23.7 Å². The van der Waals surface area contributed by atoms with Crippen molar-refractivity contribution in [1.29, 1.82) is 0 Å². The Bertz CT molecular complexity index is 610. The van der Waals surface area contributed by atoms with Crippen LogP contribution < -0.4 is 10.1 Å². The zero-order valence-electron chi connectivity index (χ0n) is 12.7. The van der Waals surface area contributed by atoms with Crippen molar-refractivity contribution >= 4 is 23.7 Å². The molecule has 1 saturated heterocycles. The molecule has 0 aliphatic carbocycles. The summed E-state index contributed by atoms with van der Waals surface area (Å²) in [4.78, 5) is 2.12. The van der Waals surface area contributed by atoms with Crippen LogP contribution in [-0.4, -0.2) is 38.2 Å². The van der Waals surface area contributed by atoms with E-state index in [0.717, 1.165) is 31.7 Å². The SMILES string of the molecule is COc1cc(F)c([C@H](c2ccsc2)N2CCNCC2)c(F)c1.Cl. The highest BCUT2D eigenvalue weighted by Gasteiger charge is 2.29. The van der Waals surface area contributed by atoms with Crippen LogP contribution in [0.25, 0.3) is 0 Å². The molecule has 23 heavy (non-hydrogen) atoms. The number of nitrogens with zero attached hydrogens (tertiary/aromatic N) is 1. The fourth-order valence-corrected chi connectivity index (χ4v) is 3.55. The van der Waals surface area contributed by atoms with E-state index >= 15 is 0 Å². The van der Waals surface area contributed by atoms with Gasteiger partial charge in [-0.15, -0.1) is 12.4 Å². The average molecular weight is 361 g/mol. The van der Waals surface area contributed by atoms with Crippen LogP contribution in [0.2, 0.25) is 0 Å². The number of benzene rings is 1. The van der Waals surface area contributed by atoms with Gasteiger partial charge in [-0.2, -0.15) is 11.3 Å². The molecule has 1 N–H and O–H groups in total. The monoisotopic (exact) mass is 360 g/mol. The summed E-state index contributed by atoms with van der Waals surface area (Å²) in [6, 6.07) is 4.03. The van der Waals surface area contributed by atoms with Crippen molar-refractivity contribution in [3.05, 3.63) is 51.7 Å². The first kappa shape index (κ1) is 18.1. The van der Waals surface area contributed by atoms with Gasteiger partial charge in [0.15, 0.2) is 0 Å². The molecular formula is C16H19ClF2N2OS. The summed E-state index contributed by atoms with van der Waals surface area (Å²) in [5.74, 6) is -0.929. The first-order valence-corrected chi connectivity index (χ1v) is 8.15. The highest BCUT2D eigenvalue weighted by Crippen LogP contribution is 2.35. The lowest BCUT2D eigenvalue weighted by Crippen LogP contribution is -2.45. The lowest BCUT2D eigenvalue weighted by molar-refractivity contribution is 0.192. The van der Waals surface area contributed by atoms with Gasteiger partial charge in [-0.05, 0) is 22.4 Å². The molecule has 2 heterocycles. The Labute approximate surface area is 144 Å². The fraction of sp³-hybridized carbons (Fsp3) is 0.375. The number of hydrogen-bond acceptors (Lipinski definition) is 4. The minimum absolute atomic E-state index is 0. The van der Waals surface area contributed by atoms with Gasteiger partial charge in [0.25, 0.3) is 0 Å². The standard InChI is InChI=1S/C16H18F2N2OS.ClH/c1-21-12-8-13(17)15(14(18)9-12)16(11-2-7-22-10-11)20-5-3-19-4-6-20;/h2,7-10,16,19H,3-6H2,1H3;1H/t16-;/m0./s1. The summed E-state index contributed by atoms with van der Waals surface area (Å²) >= 11 is 1.53. The number of ether oxygens (including phenoxy) is 1. The summed E-state index contributed by atoms with van der Waals surface area (Å²) in [5.41, 5.74) is 1.02. The second-order valence-corrected chi connectivity index (χ2v) is 6.03. The topological polar surface area (TPSA) is 24.5 Å². The lowest BCUT2D eigenvalue weighted by atomic mass is 9.97. The Kier molecular flexibility index (Phi) is 6.35. The maximum atomic E-state index is 14.5. The normalized spacial score (nSPS) is 16.7. The first-order chi connectivity index (χ1) is 10.7. The van der Waals surface area contributed by atoms with Crippen molar-refractivity contribution in [1.82, 2.24) is 10.2 Å². The summed E-state index contributed by atoms with van der Waals surface area (Å²) in [7, 11) is 1.40. The van der Waals surface area contributed by atoms with E-state index in [1.54, 1.807) is 0 Å². The van der Waals surface area contributed by atoms with Gasteiger partial charge in [-0.3, -0.25) is 4.90 Å². The molecule has 0 saturated carbocycles. The third-order valence-electron chi connectivity index (χ3n) is 3.94. The third kappa shape index (κ3) is 3.83. The Morgan fingerprint density at radius 3 is 2.39 bits per heavy atom. The van der Waals surface area contributed by atoms with Crippen LogP contribution in [0.4, 0.5) is 8.78 Å². The molecule has 1 aliphatic rings. The molecule has 0 bridgehead atoms. The highest BCUT2D eigenvalue weighted by atomic mass is 35.5. The summed E-state index contributed by atoms with van der Waals surface area (Å²) in [5, 5.41) is 7.16. The summed E-state index contributed by atoms with van der Waals surface area (Å²) in [6.07, 6.45) is 0. The van der Waals surface area contributed by atoms with Crippen LogP contribution in [0, 0.1) is 11.6 Å².